The summed E-state index contributed by atoms with van der Waals surface area (Å²) in [7, 11) is -5.12. The predicted octanol–water partition coefficient (Wildman–Crippen LogP) is 11.5. The minimum absolute atomic E-state index is 0.221. The van der Waals surface area contributed by atoms with Crippen LogP contribution in [0.3, 0.4) is 0 Å². The number of phosphoric acid groups is 1. The SMILES string of the molecule is CC/C=C\C/C=C\CCCCCCCCCCCCCCC(O)CC(=O)NC(COP(=O)(O)OC1C(O)C(O)C(O)C(O)C1O)C(O)CCCCCCCCCCCCCCCCCCCCCC. The molecular formula is C55H106NO12P. The lowest BCUT2D eigenvalue weighted by Gasteiger charge is -2.41. The molecule has 0 aromatic rings. The van der Waals surface area contributed by atoms with Crippen molar-refractivity contribution in [1.29, 1.82) is 0 Å². The van der Waals surface area contributed by atoms with Gasteiger partial charge in [-0.1, -0.05) is 237 Å². The third-order valence-electron chi connectivity index (χ3n) is 13.8. The highest BCUT2D eigenvalue weighted by atomic mass is 31.2. The van der Waals surface area contributed by atoms with Crippen LogP contribution < -0.4 is 5.32 Å². The molecule has 0 aromatic heterocycles. The number of carbonyl (C=O) groups is 1. The van der Waals surface area contributed by atoms with E-state index in [1.54, 1.807) is 0 Å². The third kappa shape index (κ3) is 35.6. The topological polar surface area (TPSA) is 226 Å². The number of nitrogens with one attached hydrogen (secondary N) is 1. The van der Waals surface area contributed by atoms with Crippen molar-refractivity contribution in [3.63, 3.8) is 0 Å². The van der Waals surface area contributed by atoms with E-state index < -0.39 is 75.2 Å². The first kappa shape index (κ1) is 65.8. The van der Waals surface area contributed by atoms with Gasteiger partial charge in [0.2, 0.25) is 5.91 Å². The highest BCUT2D eigenvalue weighted by molar-refractivity contribution is 7.47. The largest absolute Gasteiger partial charge is 0.472 e. The van der Waals surface area contributed by atoms with Crippen LogP contribution in [0.25, 0.3) is 0 Å². The van der Waals surface area contributed by atoms with E-state index >= 15 is 0 Å². The van der Waals surface area contributed by atoms with Crippen LogP contribution in [0, 0.1) is 0 Å². The summed E-state index contributed by atoms with van der Waals surface area (Å²) < 4.78 is 23.1. The number of carbonyl (C=O) groups excluding carboxylic acids is 1. The molecule has 0 spiro atoms. The van der Waals surface area contributed by atoms with E-state index in [-0.39, 0.29) is 12.8 Å². The zero-order valence-corrected chi connectivity index (χ0v) is 44.6. The maximum absolute atomic E-state index is 13.1. The van der Waals surface area contributed by atoms with Crippen molar-refractivity contribution in [1.82, 2.24) is 5.32 Å². The summed E-state index contributed by atoms with van der Waals surface area (Å²) in [6.45, 7) is 3.73. The highest BCUT2D eigenvalue weighted by Crippen LogP contribution is 2.47. The van der Waals surface area contributed by atoms with E-state index in [0.29, 0.717) is 12.8 Å². The molecule has 9 N–H and O–H groups in total. The van der Waals surface area contributed by atoms with Crippen molar-refractivity contribution in [2.24, 2.45) is 0 Å². The van der Waals surface area contributed by atoms with Crippen molar-refractivity contribution >= 4 is 13.7 Å². The number of rotatable bonds is 48. The van der Waals surface area contributed by atoms with Crippen molar-refractivity contribution in [3.05, 3.63) is 24.3 Å². The van der Waals surface area contributed by atoms with Gasteiger partial charge in [0.1, 0.15) is 36.6 Å². The number of aliphatic hydroxyl groups is 7. The van der Waals surface area contributed by atoms with E-state index in [1.807, 2.05) is 0 Å². The van der Waals surface area contributed by atoms with Gasteiger partial charge in [0.15, 0.2) is 0 Å². The summed E-state index contributed by atoms with van der Waals surface area (Å²) in [4.78, 5) is 23.6. The van der Waals surface area contributed by atoms with E-state index in [1.165, 1.54) is 154 Å². The molecule has 1 aliphatic carbocycles. The van der Waals surface area contributed by atoms with E-state index in [2.05, 4.69) is 43.5 Å². The summed E-state index contributed by atoms with van der Waals surface area (Å²) in [6.07, 6.45) is 37.8. The van der Waals surface area contributed by atoms with Gasteiger partial charge in [-0.2, -0.15) is 0 Å². The number of allylic oxidation sites excluding steroid dienone is 4. The maximum atomic E-state index is 13.1. The summed E-state index contributed by atoms with van der Waals surface area (Å²) >= 11 is 0. The zero-order chi connectivity index (χ0) is 50.8. The lowest BCUT2D eigenvalue weighted by atomic mass is 9.85. The summed E-state index contributed by atoms with van der Waals surface area (Å²) in [5.74, 6) is -0.557. The Morgan fingerprint density at radius 1 is 0.522 bits per heavy atom. The molecule has 0 radical (unpaired) electrons. The Morgan fingerprint density at radius 2 is 0.899 bits per heavy atom. The minimum Gasteiger partial charge on any atom is -0.393 e. The fraction of sp³-hybridized carbons (Fsp3) is 0.909. The van der Waals surface area contributed by atoms with Gasteiger partial charge in [0, 0.05) is 0 Å². The molecule has 14 heteroatoms. The molecule has 0 bridgehead atoms. The summed E-state index contributed by atoms with van der Waals surface area (Å²) in [5.41, 5.74) is 0. The fourth-order valence-corrected chi connectivity index (χ4v) is 10.3. The summed E-state index contributed by atoms with van der Waals surface area (Å²) in [5, 5.41) is 75.0. The van der Waals surface area contributed by atoms with Gasteiger partial charge in [-0.25, -0.2) is 4.57 Å². The lowest BCUT2D eigenvalue weighted by molar-refractivity contribution is -0.220. The van der Waals surface area contributed by atoms with E-state index in [0.717, 1.165) is 64.2 Å². The first-order chi connectivity index (χ1) is 33.3. The number of aliphatic hydroxyl groups excluding tert-OH is 7. The Balaban J connectivity index is 2.40. The second kappa shape index (κ2) is 44.3. The van der Waals surface area contributed by atoms with Crippen molar-refractivity contribution in [2.75, 3.05) is 6.61 Å². The van der Waals surface area contributed by atoms with Crippen LogP contribution >= 0.6 is 7.82 Å². The molecule has 0 aromatic carbocycles. The van der Waals surface area contributed by atoms with Crippen LogP contribution in [0.1, 0.15) is 258 Å². The molecule has 8 atom stereocenters. The van der Waals surface area contributed by atoms with Gasteiger partial charge in [-0.05, 0) is 38.5 Å². The molecule has 8 unspecified atom stereocenters. The third-order valence-corrected chi connectivity index (χ3v) is 14.8. The van der Waals surface area contributed by atoms with E-state index in [4.69, 9.17) is 9.05 Å². The van der Waals surface area contributed by atoms with Gasteiger partial charge in [-0.15, -0.1) is 0 Å². The van der Waals surface area contributed by atoms with Crippen LogP contribution in [0.2, 0.25) is 0 Å². The Bertz CT molecular complexity index is 1270. The average Bonchev–Trinajstić information content (AvgIpc) is 3.32. The number of phosphoric ester groups is 1. The second-order valence-corrected chi connectivity index (χ2v) is 21.7. The van der Waals surface area contributed by atoms with Crippen LogP contribution in [0.4, 0.5) is 0 Å². The number of amides is 1. The first-order valence-corrected chi connectivity index (χ1v) is 29.9. The summed E-state index contributed by atoms with van der Waals surface area (Å²) in [6, 6.07) is -1.15. The van der Waals surface area contributed by atoms with Gasteiger partial charge < -0.3 is 46.0 Å². The zero-order valence-electron chi connectivity index (χ0n) is 43.7. The minimum atomic E-state index is -5.12. The predicted molar refractivity (Wildman–Crippen MR) is 280 cm³/mol. The van der Waals surface area contributed by atoms with Crippen molar-refractivity contribution in [3.8, 4) is 0 Å². The molecule has 408 valence electrons. The molecule has 0 saturated heterocycles. The monoisotopic (exact) mass is 1000 g/mol. The van der Waals surface area contributed by atoms with Gasteiger partial charge >= 0.3 is 7.82 Å². The molecule has 1 fully saturated rings. The number of hydrogen-bond acceptors (Lipinski definition) is 11. The quantitative estimate of drug-likeness (QED) is 0.0158. The van der Waals surface area contributed by atoms with Gasteiger partial charge in [0.25, 0.3) is 0 Å². The van der Waals surface area contributed by atoms with Crippen LogP contribution in [0.5, 0.6) is 0 Å². The molecule has 1 aliphatic rings. The van der Waals surface area contributed by atoms with Crippen LogP contribution in [-0.2, 0) is 18.4 Å². The molecule has 0 heterocycles. The standard InChI is InChI=1S/C55H106NO12P/c1-3-5-7-9-11-13-15-17-19-21-23-25-27-29-31-33-35-37-39-41-43-48(58)47(45-67-69(65,66)68-55-53(63)51(61)50(60)52(62)54(55)64)56-49(59)44-46(57)42-40-38-36-34-32-30-28-26-24-22-20-18-16-14-12-10-8-6-4-2/h6,8,12,14,46-48,50-55,57-58,60-64H,3-5,7,9-11,13,15-45H2,1-2H3,(H,56,59)(H,65,66)/b8-6-,14-12-. The number of hydrogen-bond donors (Lipinski definition) is 9. The Labute approximate surface area is 420 Å². The lowest BCUT2D eigenvalue weighted by Crippen LogP contribution is -2.64. The molecule has 1 rings (SSSR count). The van der Waals surface area contributed by atoms with Crippen LogP contribution in [-0.4, -0.2) is 108 Å². The molecule has 0 aliphatic heterocycles. The molecule has 1 amide bonds. The average molecular weight is 1000 g/mol. The number of unbranched alkanes of at least 4 members (excludes halogenated alkanes) is 31. The van der Waals surface area contributed by atoms with Gasteiger partial charge in [-0.3, -0.25) is 13.8 Å². The van der Waals surface area contributed by atoms with Crippen molar-refractivity contribution in [2.45, 2.75) is 313 Å². The maximum Gasteiger partial charge on any atom is 0.472 e. The molecular weight excluding hydrogens is 898 g/mol. The smallest absolute Gasteiger partial charge is 0.393 e. The highest BCUT2D eigenvalue weighted by Gasteiger charge is 2.51. The second-order valence-electron chi connectivity index (χ2n) is 20.3. The van der Waals surface area contributed by atoms with Crippen molar-refractivity contribution < 1.29 is 59.0 Å². The van der Waals surface area contributed by atoms with E-state index in [9.17, 15) is 50.0 Å². The normalized spacial score (nSPS) is 22.1. The molecule has 69 heavy (non-hydrogen) atoms. The Kier molecular flexibility index (Phi) is 42.2. The Hall–Kier alpha value is -1.22. The van der Waals surface area contributed by atoms with Crippen LogP contribution in [0.15, 0.2) is 24.3 Å². The van der Waals surface area contributed by atoms with Gasteiger partial charge in [0.05, 0.1) is 31.3 Å². The Morgan fingerprint density at radius 3 is 1.33 bits per heavy atom. The fourth-order valence-electron chi connectivity index (χ4n) is 9.29. The first-order valence-electron chi connectivity index (χ1n) is 28.4. The molecule has 1 saturated carbocycles. The molecule has 13 nitrogen and oxygen atoms in total.